The number of esters is 1. The average molecular weight is 1340 g/mol. The van der Waals surface area contributed by atoms with Gasteiger partial charge in [0, 0.05) is 111 Å². The summed E-state index contributed by atoms with van der Waals surface area (Å²) in [6, 6.07) is 31.5. The molecule has 0 aromatic heterocycles. The highest BCUT2D eigenvalue weighted by atomic mass is 32.1. The van der Waals surface area contributed by atoms with Crippen LogP contribution >= 0.6 is 12.2 Å². The highest BCUT2D eigenvalue weighted by Gasteiger charge is 2.54. The molecule has 0 bridgehead atoms. The fourth-order valence-corrected chi connectivity index (χ4v) is 14.1. The van der Waals surface area contributed by atoms with Crippen LogP contribution < -0.4 is 36.2 Å². The van der Waals surface area contributed by atoms with Gasteiger partial charge in [0.05, 0.1) is 23.7 Å². The molecule has 96 heavy (non-hydrogen) atoms. The van der Waals surface area contributed by atoms with E-state index in [0.717, 1.165) is 24.0 Å². The van der Waals surface area contributed by atoms with Crippen molar-refractivity contribution in [3.63, 3.8) is 0 Å². The van der Waals surface area contributed by atoms with Gasteiger partial charge in [0.2, 0.25) is 29.5 Å². The molecule has 22 heteroatoms. The number of phenols is 2. The molecule has 5 aromatic carbocycles. The molecule has 5 amide bonds. The zero-order valence-electron chi connectivity index (χ0n) is 57.1. The van der Waals surface area contributed by atoms with E-state index in [4.69, 9.17) is 21.7 Å². The van der Waals surface area contributed by atoms with E-state index in [2.05, 4.69) is 26.6 Å². The third kappa shape index (κ3) is 17.0. The number of aromatic hydroxyl groups is 2. The predicted molar refractivity (Wildman–Crippen MR) is 374 cm³/mol. The summed E-state index contributed by atoms with van der Waals surface area (Å²) in [4.78, 5) is 94.2. The number of nitrogens with zero attached hydrogens (tertiary/aromatic N) is 5. The fourth-order valence-electron chi connectivity index (χ4n) is 13.7. The number of anilines is 1. The lowest BCUT2D eigenvalue weighted by Gasteiger charge is -2.38. The molecule has 21 nitrogen and oxygen atoms in total. The molecule has 5 aromatic rings. The summed E-state index contributed by atoms with van der Waals surface area (Å²) in [5.41, 5.74) is 2.68. The number of nitrogens with one attached hydrogen (secondary N) is 5. The lowest BCUT2D eigenvalue weighted by Crippen LogP contribution is -2.59. The second-order valence-electron chi connectivity index (χ2n) is 27.3. The Hall–Kier alpha value is -8.15. The van der Waals surface area contributed by atoms with Gasteiger partial charge < -0.3 is 71.0 Å². The summed E-state index contributed by atoms with van der Waals surface area (Å²) in [5.74, 6) is -0.993. The van der Waals surface area contributed by atoms with Crippen molar-refractivity contribution in [2.24, 2.45) is 5.41 Å². The zero-order chi connectivity index (χ0) is 69.0. The number of aliphatic hydroxyl groups excluding tert-OH is 1. The smallest absolute Gasteiger partial charge is 0.340 e. The summed E-state index contributed by atoms with van der Waals surface area (Å²) in [6.07, 6.45) is 4.46. The number of likely N-dealkylation sites (tertiary alicyclic amines) is 2. The minimum absolute atomic E-state index is 0.0422. The van der Waals surface area contributed by atoms with Crippen LogP contribution in [-0.2, 0) is 47.2 Å². The summed E-state index contributed by atoms with van der Waals surface area (Å²) in [7, 11) is 3.41. The number of amides is 5. The van der Waals surface area contributed by atoms with Crippen LogP contribution in [0, 0.1) is 5.41 Å². The largest absolute Gasteiger partial charge is 0.508 e. The van der Waals surface area contributed by atoms with Crippen molar-refractivity contribution in [1.82, 2.24) is 46.2 Å². The van der Waals surface area contributed by atoms with Crippen molar-refractivity contribution in [3.05, 3.63) is 149 Å². The summed E-state index contributed by atoms with van der Waals surface area (Å²) < 4.78 is 12.5. The van der Waals surface area contributed by atoms with Gasteiger partial charge in [0.25, 0.3) is 0 Å². The number of fused-ring (bicyclic) bond motifs is 6. The summed E-state index contributed by atoms with van der Waals surface area (Å²) in [6.45, 7) is 16.2. The second kappa shape index (κ2) is 32.3. The Morgan fingerprint density at radius 3 is 1.77 bits per heavy atom. The Kier molecular flexibility index (Phi) is 24.2. The molecule has 4 aliphatic rings. The van der Waals surface area contributed by atoms with E-state index in [1.807, 2.05) is 132 Å². The minimum atomic E-state index is -1.43. The van der Waals surface area contributed by atoms with Crippen molar-refractivity contribution >= 4 is 58.5 Å². The van der Waals surface area contributed by atoms with Crippen LogP contribution in [0.1, 0.15) is 144 Å². The van der Waals surface area contributed by atoms with Crippen molar-refractivity contribution in [2.45, 2.75) is 173 Å². The van der Waals surface area contributed by atoms with Crippen LogP contribution in [0.2, 0.25) is 0 Å². The first-order chi connectivity index (χ1) is 45.9. The monoisotopic (exact) mass is 1330 g/mol. The van der Waals surface area contributed by atoms with E-state index in [-0.39, 0.29) is 83.5 Å². The molecule has 2 saturated heterocycles. The van der Waals surface area contributed by atoms with Crippen LogP contribution in [0.5, 0.6) is 23.0 Å². The maximum Gasteiger partial charge on any atom is 0.340 e. The Morgan fingerprint density at radius 2 is 1.22 bits per heavy atom. The first-order valence-corrected chi connectivity index (χ1v) is 34.5. The zero-order valence-corrected chi connectivity index (χ0v) is 57.9. The van der Waals surface area contributed by atoms with E-state index >= 15 is 0 Å². The Balaban J connectivity index is 0.859. The summed E-state index contributed by atoms with van der Waals surface area (Å²) in [5, 5.41) is 49.3. The molecule has 8 N–H and O–H groups in total. The van der Waals surface area contributed by atoms with Crippen molar-refractivity contribution in [1.29, 1.82) is 0 Å². The maximum atomic E-state index is 14.7. The Morgan fingerprint density at radius 1 is 0.688 bits per heavy atom. The minimum Gasteiger partial charge on any atom is -0.508 e. The second-order valence-corrected chi connectivity index (χ2v) is 27.7. The third-order valence-corrected chi connectivity index (χ3v) is 19.6. The molecule has 2 fully saturated rings. The molecule has 0 saturated carbocycles. The van der Waals surface area contributed by atoms with Crippen LogP contribution in [0.4, 0.5) is 5.69 Å². The molecule has 4 heterocycles. The van der Waals surface area contributed by atoms with E-state index < -0.39 is 47.4 Å². The molecule has 0 aliphatic carbocycles. The maximum absolute atomic E-state index is 14.7. The Labute approximate surface area is 570 Å². The number of hydrogen-bond donors (Lipinski definition) is 8. The number of likely N-dealkylation sites (N-methyl/N-ethyl adjacent to an activating group) is 2. The van der Waals surface area contributed by atoms with Gasteiger partial charge in [0.15, 0.2) is 10.7 Å². The van der Waals surface area contributed by atoms with Gasteiger partial charge in [-0.2, -0.15) is 0 Å². The van der Waals surface area contributed by atoms with Gasteiger partial charge in [-0.15, -0.1) is 0 Å². The molecule has 9 rings (SSSR count). The molecule has 4 aliphatic heterocycles. The number of ether oxygens (including phenoxy) is 2. The summed E-state index contributed by atoms with van der Waals surface area (Å²) >= 11 is 6.08. The number of carbonyl (C=O) groups is 6. The van der Waals surface area contributed by atoms with Gasteiger partial charge in [-0.25, -0.2) is 4.79 Å². The quantitative estimate of drug-likeness (QED) is 0.0129. The first-order valence-electron chi connectivity index (χ1n) is 34.0. The highest BCUT2D eigenvalue weighted by Crippen LogP contribution is 2.57. The number of carbonyl (C=O) groups excluding carboxylic acids is 6. The van der Waals surface area contributed by atoms with Gasteiger partial charge in [-0.1, -0.05) is 87.5 Å². The molecule has 1 spiro atoms. The third-order valence-electron chi connectivity index (χ3n) is 19.3. The van der Waals surface area contributed by atoms with Gasteiger partial charge in [-0.05, 0) is 165 Å². The van der Waals surface area contributed by atoms with Gasteiger partial charge >= 0.3 is 5.97 Å². The molecule has 516 valence electrons. The highest BCUT2D eigenvalue weighted by molar-refractivity contribution is 7.80. The standard InChI is InChI=1S/C74H98N10O11S/c1-47(2)84(52-29-32-58-57(42-52)71(93)95-74(58)59-33-30-55(85)43-62(59)94-63-44-56(86)31-34-60(63)74)72(96)77-37-17-26-61(78-67(89)48(3)75-8)69(91)82-38-18-24-53(82)45-80(40-35-50-20-12-10-13-21-50)64(87)27-16-28-65(88)81(41-36-51-22-14-11-15-23-51)46-54-25-19-39-83(54)70(92)66(73(5,6)7)79-68(90)49(4)76-9/h10-15,20-23,29-34,42-44,47-49,53-54,61,66,69,75-76,85-86,91H,16-19,24-28,35-41,45-46H2,1-9H3,(H,77,96)(H,78,89)(H,79,90)/t48-,49-,53-,54-,61-,66+,69?/m0/s1. The van der Waals surface area contributed by atoms with E-state index in [0.29, 0.717) is 124 Å². The molecular formula is C74H98N10O11S. The van der Waals surface area contributed by atoms with Gasteiger partial charge in [-0.3, -0.25) is 28.9 Å². The number of thiocarbonyl (C=S) groups is 1. The molecular weight excluding hydrogens is 1240 g/mol. The van der Waals surface area contributed by atoms with Crippen molar-refractivity contribution < 1.29 is 53.6 Å². The molecule has 1 unspecified atom stereocenters. The van der Waals surface area contributed by atoms with Crippen LogP contribution in [0.3, 0.4) is 0 Å². The number of hydrogen-bond acceptors (Lipinski definition) is 15. The predicted octanol–water partition coefficient (Wildman–Crippen LogP) is 7.85. The first kappa shape index (κ1) is 72.1. The van der Waals surface area contributed by atoms with E-state index in [1.54, 1.807) is 46.1 Å². The lowest BCUT2D eigenvalue weighted by molar-refractivity contribution is -0.142. The van der Waals surface area contributed by atoms with Crippen LogP contribution in [-0.4, -0.2) is 184 Å². The number of phenolic OH excluding ortho intramolecular Hbond substituents is 2. The number of rotatable bonds is 29. The van der Waals surface area contributed by atoms with Gasteiger partial charge in [0.1, 0.15) is 35.3 Å². The molecule has 0 radical (unpaired) electrons. The van der Waals surface area contributed by atoms with Crippen LogP contribution in [0.25, 0.3) is 0 Å². The SMILES string of the molecule is CN[C@@H](C)C(=O)N[C@@H](CCCNC(=S)N(c1ccc2c(c1)C(=O)OC21c2ccc(O)cc2Oc2cc(O)ccc21)C(C)C)C(O)N1CCC[C@H]1CN(CCc1ccccc1)C(=O)CCCC(=O)N(CCc1ccccc1)C[C@@H]1CCCN1C(=O)[C@@H](NC(=O)[C@H](C)NC)C(C)(C)C. The molecule has 7 atom stereocenters. The fraction of sp³-hybridized carbons (Fsp3) is 0.500. The lowest BCUT2D eigenvalue weighted by atomic mass is 9.77. The normalized spacial score (nSPS) is 17.8. The average Bonchev–Trinajstić information content (AvgIpc) is 1.33. The number of aliphatic hydroxyl groups is 1. The topological polar surface area (TPSA) is 258 Å². The Bertz CT molecular complexity index is 3500. The van der Waals surface area contributed by atoms with E-state index in [1.165, 1.54) is 24.3 Å². The van der Waals surface area contributed by atoms with E-state index in [9.17, 15) is 44.1 Å². The van der Waals surface area contributed by atoms with Crippen molar-refractivity contribution in [2.75, 3.05) is 64.8 Å². The van der Waals surface area contributed by atoms with Crippen molar-refractivity contribution in [3.8, 4) is 23.0 Å². The number of benzene rings is 5. The van der Waals surface area contributed by atoms with Crippen LogP contribution in [0.15, 0.2) is 115 Å².